The molecule has 116 valence electrons. The molecule has 0 radical (unpaired) electrons. The largest absolute Gasteiger partial charge is 0.472 e. The van der Waals surface area contributed by atoms with Gasteiger partial charge in [0, 0.05) is 22.0 Å². The minimum absolute atomic E-state index is 0.197. The molecule has 0 bridgehead atoms. The number of aromatic nitrogens is 2. The van der Waals surface area contributed by atoms with Crippen LogP contribution < -0.4 is 5.32 Å². The Hall–Kier alpha value is -2.60. The number of carbonyl (C=O) groups excluding carboxylic acids is 1. The average molecular weight is 325 g/mol. The predicted molar refractivity (Wildman–Crippen MR) is 88.7 cm³/mol. The van der Waals surface area contributed by atoms with Crippen LogP contribution >= 0.6 is 11.8 Å². The smallest absolute Gasteiger partial charge is 0.258 e. The first kappa shape index (κ1) is 15.3. The van der Waals surface area contributed by atoms with Crippen molar-refractivity contribution in [2.75, 3.05) is 5.32 Å². The maximum atomic E-state index is 11.9. The summed E-state index contributed by atoms with van der Waals surface area (Å²) < 4.78 is 4.90. The van der Waals surface area contributed by atoms with Gasteiger partial charge in [0.05, 0.1) is 11.8 Å². The molecule has 1 N–H and O–H groups in total. The van der Waals surface area contributed by atoms with Crippen molar-refractivity contribution >= 4 is 23.4 Å². The van der Waals surface area contributed by atoms with Crippen LogP contribution in [0.15, 0.2) is 63.4 Å². The van der Waals surface area contributed by atoms with Crippen molar-refractivity contribution in [3.05, 3.63) is 65.9 Å². The summed E-state index contributed by atoms with van der Waals surface area (Å²) in [5, 5.41) is 3.53. The van der Waals surface area contributed by atoms with E-state index in [2.05, 4.69) is 15.3 Å². The number of hydrogen-bond acceptors (Lipinski definition) is 5. The molecule has 2 aromatic heterocycles. The molecule has 23 heavy (non-hydrogen) atoms. The number of hydrogen-bond donors (Lipinski definition) is 1. The van der Waals surface area contributed by atoms with E-state index in [0.29, 0.717) is 5.56 Å². The second kappa shape index (κ2) is 6.66. The number of nitrogens with zero attached hydrogens (tertiary/aromatic N) is 2. The first-order chi connectivity index (χ1) is 11.1. The van der Waals surface area contributed by atoms with Crippen LogP contribution in [0.3, 0.4) is 0 Å². The van der Waals surface area contributed by atoms with Crippen LogP contribution in [0.2, 0.25) is 0 Å². The van der Waals surface area contributed by atoms with Crippen LogP contribution in [0.5, 0.6) is 0 Å². The van der Waals surface area contributed by atoms with Crippen LogP contribution in [0, 0.1) is 13.8 Å². The molecular formula is C17H15N3O2S. The molecule has 0 fully saturated rings. The summed E-state index contributed by atoms with van der Waals surface area (Å²) >= 11 is 1.49. The Morgan fingerprint density at radius 3 is 2.39 bits per heavy atom. The minimum atomic E-state index is -0.197. The maximum absolute atomic E-state index is 11.9. The Kier molecular flexibility index (Phi) is 4.43. The second-order valence-corrected chi connectivity index (χ2v) is 6.07. The molecule has 0 atom stereocenters. The Morgan fingerprint density at radius 1 is 1.09 bits per heavy atom. The van der Waals surface area contributed by atoms with Gasteiger partial charge in [-0.25, -0.2) is 9.97 Å². The zero-order valence-electron chi connectivity index (χ0n) is 12.7. The standard InChI is InChI=1S/C17H15N3O2S/c1-11-9-12(2)19-17(18-11)23-15-5-3-14(4-6-15)20-16(21)13-7-8-22-10-13/h3-10H,1-2H3,(H,20,21). The summed E-state index contributed by atoms with van der Waals surface area (Å²) in [5.74, 6) is -0.197. The van der Waals surface area contributed by atoms with Crippen LogP contribution in [0.25, 0.3) is 0 Å². The number of amides is 1. The molecule has 3 aromatic rings. The van der Waals surface area contributed by atoms with Gasteiger partial charge in [-0.1, -0.05) is 0 Å². The lowest BCUT2D eigenvalue weighted by molar-refractivity contribution is 0.102. The van der Waals surface area contributed by atoms with Crippen molar-refractivity contribution in [2.45, 2.75) is 23.9 Å². The van der Waals surface area contributed by atoms with Gasteiger partial charge in [0.2, 0.25) is 0 Å². The number of carbonyl (C=O) groups is 1. The molecule has 6 heteroatoms. The van der Waals surface area contributed by atoms with E-state index < -0.39 is 0 Å². The summed E-state index contributed by atoms with van der Waals surface area (Å²) in [6, 6.07) is 11.1. The molecule has 3 rings (SSSR count). The number of aryl methyl sites for hydroxylation is 2. The minimum Gasteiger partial charge on any atom is -0.472 e. The van der Waals surface area contributed by atoms with E-state index in [4.69, 9.17) is 4.42 Å². The van der Waals surface area contributed by atoms with Gasteiger partial charge in [0.15, 0.2) is 5.16 Å². The second-order valence-electron chi connectivity index (χ2n) is 5.03. The number of anilines is 1. The molecule has 0 spiro atoms. The number of nitrogens with one attached hydrogen (secondary N) is 1. The third kappa shape index (κ3) is 3.98. The fourth-order valence-corrected chi connectivity index (χ4v) is 2.91. The van der Waals surface area contributed by atoms with Crippen molar-refractivity contribution in [2.24, 2.45) is 0 Å². The van der Waals surface area contributed by atoms with Gasteiger partial charge < -0.3 is 9.73 Å². The highest BCUT2D eigenvalue weighted by Crippen LogP contribution is 2.26. The van der Waals surface area contributed by atoms with Crippen LogP contribution in [-0.2, 0) is 0 Å². The van der Waals surface area contributed by atoms with Crippen molar-refractivity contribution in [3.63, 3.8) is 0 Å². The van der Waals surface area contributed by atoms with Gasteiger partial charge >= 0.3 is 0 Å². The van der Waals surface area contributed by atoms with Gasteiger partial charge in [-0.05, 0) is 62.0 Å². The van der Waals surface area contributed by atoms with Crippen LogP contribution in [0.4, 0.5) is 5.69 Å². The van der Waals surface area contributed by atoms with E-state index in [9.17, 15) is 4.79 Å². The molecule has 2 heterocycles. The highest BCUT2D eigenvalue weighted by Gasteiger charge is 2.08. The molecule has 1 aromatic carbocycles. The van der Waals surface area contributed by atoms with Gasteiger partial charge in [-0.3, -0.25) is 4.79 Å². The Morgan fingerprint density at radius 2 is 1.78 bits per heavy atom. The number of rotatable bonds is 4. The topological polar surface area (TPSA) is 68.0 Å². The van der Waals surface area contributed by atoms with Crippen molar-refractivity contribution in [1.29, 1.82) is 0 Å². The molecule has 0 aliphatic carbocycles. The maximum Gasteiger partial charge on any atom is 0.258 e. The molecule has 1 amide bonds. The molecule has 0 unspecified atom stereocenters. The highest BCUT2D eigenvalue weighted by molar-refractivity contribution is 7.99. The molecule has 0 saturated carbocycles. The summed E-state index contributed by atoms with van der Waals surface area (Å²) in [6.45, 7) is 3.90. The Bertz CT molecular complexity index is 794. The van der Waals surface area contributed by atoms with Crippen molar-refractivity contribution < 1.29 is 9.21 Å². The zero-order valence-corrected chi connectivity index (χ0v) is 13.6. The zero-order chi connectivity index (χ0) is 16.2. The molecule has 0 saturated heterocycles. The summed E-state index contributed by atoms with van der Waals surface area (Å²) in [7, 11) is 0. The van der Waals surface area contributed by atoms with Gasteiger partial charge in [0.25, 0.3) is 5.91 Å². The lowest BCUT2D eigenvalue weighted by atomic mass is 10.3. The lowest BCUT2D eigenvalue weighted by Crippen LogP contribution is -2.10. The quantitative estimate of drug-likeness (QED) is 0.732. The van der Waals surface area contributed by atoms with Gasteiger partial charge in [0.1, 0.15) is 6.26 Å². The predicted octanol–water partition coefficient (Wildman–Crippen LogP) is 4.09. The third-order valence-corrected chi connectivity index (χ3v) is 3.94. The first-order valence-corrected chi connectivity index (χ1v) is 7.85. The van der Waals surface area contributed by atoms with Crippen molar-refractivity contribution in [1.82, 2.24) is 9.97 Å². The van der Waals surface area contributed by atoms with Gasteiger partial charge in [-0.15, -0.1) is 0 Å². The van der Waals surface area contributed by atoms with E-state index in [1.807, 2.05) is 44.2 Å². The van der Waals surface area contributed by atoms with E-state index in [0.717, 1.165) is 27.1 Å². The molecule has 0 aliphatic rings. The first-order valence-electron chi connectivity index (χ1n) is 7.04. The molecule has 0 aliphatic heterocycles. The fourth-order valence-electron chi connectivity index (χ4n) is 2.05. The lowest BCUT2D eigenvalue weighted by Gasteiger charge is -2.06. The Labute approximate surface area is 138 Å². The normalized spacial score (nSPS) is 10.5. The van der Waals surface area contributed by atoms with Gasteiger partial charge in [-0.2, -0.15) is 0 Å². The van der Waals surface area contributed by atoms with E-state index in [-0.39, 0.29) is 5.91 Å². The highest BCUT2D eigenvalue weighted by atomic mass is 32.2. The van der Waals surface area contributed by atoms with Crippen LogP contribution in [0.1, 0.15) is 21.7 Å². The van der Waals surface area contributed by atoms with E-state index in [1.165, 1.54) is 24.3 Å². The molecule has 5 nitrogen and oxygen atoms in total. The van der Waals surface area contributed by atoms with Crippen LogP contribution in [-0.4, -0.2) is 15.9 Å². The average Bonchev–Trinajstić information content (AvgIpc) is 3.02. The summed E-state index contributed by atoms with van der Waals surface area (Å²) in [4.78, 5) is 21.8. The van der Waals surface area contributed by atoms with E-state index in [1.54, 1.807) is 6.07 Å². The third-order valence-electron chi connectivity index (χ3n) is 3.07. The molecular weight excluding hydrogens is 310 g/mol. The monoisotopic (exact) mass is 325 g/mol. The number of furan rings is 1. The Balaban J connectivity index is 1.68. The summed E-state index contributed by atoms with van der Waals surface area (Å²) in [6.07, 6.45) is 2.88. The van der Waals surface area contributed by atoms with E-state index >= 15 is 0 Å². The fraction of sp³-hybridized carbons (Fsp3) is 0.118. The van der Waals surface area contributed by atoms with Crippen molar-refractivity contribution in [3.8, 4) is 0 Å². The SMILES string of the molecule is Cc1cc(C)nc(Sc2ccc(NC(=O)c3ccoc3)cc2)n1. The number of benzene rings is 1. The summed E-state index contributed by atoms with van der Waals surface area (Å²) in [5.41, 5.74) is 3.11.